The minimum absolute atomic E-state index is 1.56. The van der Waals surface area contributed by atoms with Crippen LogP contribution in [0.5, 0.6) is 0 Å². The lowest BCUT2D eigenvalue weighted by molar-refractivity contribution is -0.303. The molecule has 0 bridgehead atoms. The molecule has 1 aromatic carbocycles. The summed E-state index contributed by atoms with van der Waals surface area (Å²) in [5.41, 5.74) is -5.21. The molecule has 10 heteroatoms. The van der Waals surface area contributed by atoms with Crippen LogP contribution in [0, 0.1) is 17.5 Å². The Morgan fingerprint density at radius 3 is 1.42 bits per heavy atom. The van der Waals surface area contributed by atoms with Gasteiger partial charge in [0.25, 0.3) is 0 Å². The predicted octanol–water partition coefficient (Wildman–Crippen LogP) is 4.70. The average Bonchev–Trinajstić information content (AvgIpc) is 2.39. The number of benzene rings is 1. The lowest BCUT2D eigenvalue weighted by Gasteiger charge is -2.23. The Kier molecular flexibility index (Phi) is 2.73. The van der Waals surface area contributed by atoms with Gasteiger partial charge in [-0.1, -0.05) is 0 Å². The van der Waals surface area contributed by atoms with Crippen LogP contribution in [-0.4, -0.2) is 5.92 Å². The van der Waals surface area contributed by atoms with Gasteiger partial charge in [0.15, 0.2) is 17.5 Å². The number of hydrogen-bond donors (Lipinski definition) is 0. The van der Waals surface area contributed by atoms with Crippen LogP contribution in [-0.2, 0) is 11.8 Å². The summed E-state index contributed by atoms with van der Waals surface area (Å²) < 4.78 is 117. The first-order chi connectivity index (χ1) is 8.39. The first-order valence-corrected chi connectivity index (χ1v) is 5.18. The van der Waals surface area contributed by atoms with Gasteiger partial charge in [0.1, 0.15) is 0 Å². The van der Waals surface area contributed by atoms with Crippen LogP contribution in [0.2, 0.25) is 0 Å². The van der Waals surface area contributed by atoms with Crippen molar-refractivity contribution < 1.29 is 39.5 Å². The summed E-state index contributed by atoms with van der Waals surface area (Å²) in [6.45, 7) is 0. The largest absolute Gasteiger partial charge is 0.380 e. The maximum absolute atomic E-state index is 13.3. The van der Waals surface area contributed by atoms with Crippen LogP contribution < -0.4 is 0 Å². The Bertz CT molecular complexity index is 529. The van der Waals surface area contributed by atoms with Crippen LogP contribution in [0.15, 0.2) is 4.47 Å². The summed E-state index contributed by atoms with van der Waals surface area (Å²) in [6.07, 6.45) is 0. The second kappa shape index (κ2) is 3.58. The van der Waals surface area contributed by atoms with Crippen molar-refractivity contribution in [2.75, 3.05) is 0 Å². The summed E-state index contributed by atoms with van der Waals surface area (Å²) in [7, 11) is 0. The molecule has 0 fully saturated rings. The van der Waals surface area contributed by atoms with E-state index < -0.39 is 50.8 Å². The monoisotopic (exact) mass is 358 g/mol. The molecule has 0 saturated carbocycles. The molecular weight excluding hydrogens is 359 g/mol. The molecule has 0 saturated heterocycles. The normalized spacial score (nSPS) is 22.4. The summed E-state index contributed by atoms with van der Waals surface area (Å²) in [5.74, 6) is -24.8. The zero-order valence-electron chi connectivity index (χ0n) is 8.28. The second-order valence-corrected chi connectivity index (χ2v) is 4.52. The van der Waals surface area contributed by atoms with E-state index in [9.17, 15) is 39.5 Å². The quantitative estimate of drug-likeness (QED) is 0.358. The first kappa shape index (κ1) is 14.5. The average molecular weight is 359 g/mol. The van der Waals surface area contributed by atoms with Crippen LogP contribution in [0.3, 0.4) is 0 Å². The van der Waals surface area contributed by atoms with Crippen LogP contribution in [0.1, 0.15) is 11.1 Å². The van der Waals surface area contributed by atoms with Crippen LogP contribution in [0.4, 0.5) is 39.5 Å². The lowest BCUT2D eigenvalue weighted by Crippen LogP contribution is -2.43. The minimum Gasteiger partial charge on any atom is -0.205 e. The third kappa shape index (κ3) is 1.38. The van der Waals surface area contributed by atoms with Crippen molar-refractivity contribution in [3.8, 4) is 0 Å². The molecular formula is C9BrF9. The Balaban J connectivity index is 3.02. The van der Waals surface area contributed by atoms with Crippen molar-refractivity contribution in [1.82, 2.24) is 0 Å². The van der Waals surface area contributed by atoms with Gasteiger partial charge in [-0.2, -0.15) is 26.3 Å². The van der Waals surface area contributed by atoms with E-state index in [-0.39, 0.29) is 0 Å². The van der Waals surface area contributed by atoms with Gasteiger partial charge in [-0.05, 0) is 15.9 Å². The van der Waals surface area contributed by atoms with Gasteiger partial charge in [0.05, 0.1) is 15.6 Å². The van der Waals surface area contributed by atoms with Crippen LogP contribution >= 0.6 is 15.9 Å². The molecule has 0 heterocycles. The van der Waals surface area contributed by atoms with Gasteiger partial charge >= 0.3 is 17.8 Å². The fourth-order valence-corrected chi connectivity index (χ4v) is 2.10. The Morgan fingerprint density at radius 2 is 1.00 bits per heavy atom. The zero-order chi connectivity index (χ0) is 15.0. The minimum atomic E-state index is -6.07. The van der Waals surface area contributed by atoms with Gasteiger partial charge in [0.2, 0.25) is 0 Å². The number of fused-ring (bicyclic) bond motifs is 1. The van der Waals surface area contributed by atoms with E-state index in [1.165, 1.54) is 0 Å². The molecule has 0 nitrogen and oxygen atoms in total. The highest BCUT2D eigenvalue weighted by atomic mass is 79.9. The zero-order valence-corrected chi connectivity index (χ0v) is 9.87. The van der Waals surface area contributed by atoms with Gasteiger partial charge in [0, 0.05) is 0 Å². The smallest absolute Gasteiger partial charge is 0.205 e. The number of alkyl halides is 6. The molecule has 0 spiro atoms. The molecule has 0 aliphatic heterocycles. The number of hydrogen-bond acceptors (Lipinski definition) is 0. The van der Waals surface area contributed by atoms with Gasteiger partial charge in [-0.3, -0.25) is 0 Å². The Labute approximate surface area is 107 Å². The van der Waals surface area contributed by atoms with Crippen molar-refractivity contribution >= 4 is 15.9 Å². The van der Waals surface area contributed by atoms with E-state index >= 15 is 0 Å². The molecule has 1 aliphatic rings. The van der Waals surface area contributed by atoms with E-state index in [0.29, 0.717) is 0 Å². The van der Waals surface area contributed by atoms with E-state index in [0.717, 1.165) is 0 Å². The summed E-state index contributed by atoms with van der Waals surface area (Å²) in [4.78, 5) is 0. The maximum atomic E-state index is 13.3. The Morgan fingerprint density at radius 1 is 0.632 bits per heavy atom. The molecule has 0 atom stereocenters. The molecule has 0 radical (unpaired) electrons. The van der Waals surface area contributed by atoms with E-state index in [4.69, 9.17) is 0 Å². The molecule has 0 unspecified atom stereocenters. The summed E-state index contributed by atoms with van der Waals surface area (Å²) in [5, 5.41) is 0. The lowest BCUT2D eigenvalue weighted by atomic mass is 10.1. The van der Waals surface area contributed by atoms with Gasteiger partial charge < -0.3 is 0 Å². The first-order valence-electron chi connectivity index (χ1n) is 4.39. The molecule has 0 amide bonds. The number of halogens is 10. The standard InChI is InChI=1S/C9BrF9/c10-3-4(11)1-2(5(12)6(3)13)8(16,17)9(18,19)7(1,14)15. The SMILES string of the molecule is Fc1c(F)c2c(c(F)c1Br)C(F)(F)C(F)(F)C2(F)F. The number of rotatable bonds is 0. The summed E-state index contributed by atoms with van der Waals surface area (Å²) in [6, 6.07) is 0. The third-order valence-electron chi connectivity index (χ3n) is 2.68. The fraction of sp³-hybridized carbons (Fsp3) is 0.333. The molecule has 19 heavy (non-hydrogen) atoms. The van der Waals surface area contributed by atoms with Crippen molar-refractivity contribution in [2.24, 2.45) is 0 Å². The van der Waals surface area contributed by atoms with Crippen molar-refractivity contribution in [3.63, 3.8) is 0 Å². The maximum Gasteiger partial charge on any atom is 0.380 e. The van der Waals surface area contributed by atoms with Gasteiger partial charge in [-0.25, -0.2) is 13.2 Å². The molecule has 2 rings (SSSR count). The highest BCUT2D eigenvalue weighted by molar-refractivity contribution is 9.10. The Hall–Kier alpha value is -0.930. The van der Waals surface area contributed by atoms with Gasteiger partial charge in [-0.15, -0.1) is 0 Å². The molecule has 106 valence electrons. The molecule has 1 aliphatic carbocycles. The molecule has 0 N–H and O–H groups in total. The van der Waals surface area contributed by atoms with Crippen molar-refractivity contribution in [2.45, 2.75) is 17.8 Å². The molecule has 0 aromatic heterocycles. The van der Waals surface area contributed by atoms with Crippen molar-refractivity contribution in [1.29, 1.82) is 0 Å². The second-order valence-electron chi connectivity index (χ2n) is 3.73. The molecule has 1 aromatic rings. The topological polar surface area (TPSA) is 0 Å². The fourth-order valence-electron chi connectivity index (χ4n) is 1.73. The predicted molar refractivity (Wildman–Crippen MR) is 46.8 cm³/mol. The van der Waals surface area contributed by atoms with E-state index in [1.54, 1.807) is 0 Å². The third-order valence-corrected chi connectivity index (χ3v) is 3.38. The van der Waals surface area contributed by atoms with E-state index in [1.807, 2.05) is 15.9 Å². The summed E-state index contributed by atoms with van der Waals surface area (Å²) >= 11 is 2.00. The van der Waals surface area contributed by atoms with Crippen LogP contribution in [0.25, 0.3) is 0 Å². The highest BCUT2D eigenvalue weighted by Gasteiger charge is 2.81. The highest BCUT2D eigenvalue weighted by Crippen LogP contribution is 2.64. The van der Waals surface area contributed by atoms with E-state index in [2.05, 4.69) is 0 Å². The van der Waals surface area contributed by atoms with Crippen molar-refractivity contribution in [3.05, 3.63) is 33.1 Å².